The third-order valence-corrected chi connectivity index (χ3v) is 6.36. The number of para-hydroxylation sites is 1. The smallest absolute Gasteiger partial charge is 0.252 e. The third-order valence-electron chi connectivity index (χ3n) is 6.36. The maximum Gasteiger partial charge on any atom is 0.252 e. The van der Waals surface area contributed by atoms with Crippen LogP contribution in [0, 0.1) is 0 Å². The largest absolute Gasteiger partial charge is 0.493 e. The molecule has 5 rings (SSSR count). The van der Waals surface area contributed by atoms with Gasteiger partial charge >= 0.3 is 0 Å². The van der Waals surface area contributed by atoms with E-state index in [9.17, 15) is 4.79 Å². The number of aromatic nitrogens is 1. The van der Waals surface area contributed by atoms with E-state index in [2.05, 4.69) is 17.4 Å². The van der Waals surface area contributed by atoms with Gasteiger partial charge < -0.3 is 19.5 Å². The number of methoxy groups -OCH3 is 3. The second-order valence-corrected chi connectivity index (χ2v) is 8.25. The van der Waals surface area contributed by atoms with Gasteiger partial charge in [0.05, 0.1) is 44.1 Å². The molecule has 1 N–H and O–H groups in total. The van der Waals surface area contributed by atoms with Crippen LogP contribution in [-0.2, 0) is 6.42 Å². The number of ether oxygens (including phenoxy) is 3. The molecule has 0 aliphatic heterocycles. The molecule has 6 heteroatoms. The number of aryl methyl sites for hydroxylation is 1. The van der Waals surface area contributed by atoms with Crippen molar-refractivity contribution in [1.82, 2.24) is 10.3 Å². The summed E-state index contributed by atoms with van der Waals surface area (Å²) in [5, 5.41) is 4.06. The van der Waals surface area contributed by atoms with Crippen LogP contribution in [0.2, 0.25) is 0 Å². The first-order valence-corrected chi connectivity index (χ1v) is 11.2. The van der Waals surface area contributed by atoms with Crippen LogP contribution < -0.4 is 19.5 Å². The predicted octanol–water partition coefficient (Wildman–Crippen LogP) is 5.34. The number of carbonyl (C=O) groups is 1. The van der Waals surface area contributed by atoms with Gasteiger partial charge in [-0.3, -0.25) is 4.79 Å². The topological polar surface area (TPSA) is 69.7 Å². The molecule has 1 aromatic heterocycles. The number of rotatable bonds is 6. The van der Waals surface area contributed by atoms with Crippen LogP contribution in [0.5, 0.6) is 17.2 Å². The number of nitrogens with zero attached hydrogens (tertiary/aromatic N) is 1. The normalized spacial score (nSPS) is 14.5. The van der Waals surface area contributed by atoms with E-state index in [4.69, 9.17) is 19.2 Å². The molecule has 0 saturated carbocycles. The Labute approximate surface area is 198 Å². The molecule has 3 aromatic carbocycles. The van der Waals surface area contributed by atoms with E-state index in [1.54, 1.807) is 21.3 Å². The number of benzene rings is 3. The van der Waals surface area contributed by atoms with E-state index in [1.165, 1.54) is 11.1 Å². The van der Waals surface area contributed by atoms with Crippen molar-refractivity contribution in [1.29, 1.82) is 0 Å². The quantitative estimate of drug-likeness (QED) is 0.426. The van der Waals surface area contributed by atoms with Gasteiger partial charge in [-0.2, -0.15) is 0 Å². The van der Waals surface area contributed by atoms with Gasteiger partial charge in [0.15, 0.2) is 11.5 Å². The summed E-state index contributed by atoms with van der Waals surface area (Å²) in [6.07, 6.45) is 1.86. The summed E-state index contributed by atoms with van der Waals surface area (Å²) in [7, 11) is 4.72. The summed E-state index contributed by atoms with van der Waals surface area (Å²) < 4.78 is 16.5. The van der Waals surface area contributed by atoms with Gasteiger partial charge in [-0.15, -0.1) is 0 Å². The zero-order valence-corrected chi connectivity index (χ0v) is 19.4. The van der Waals surface area contributed by atoms with E-state index >= 15 is 0 Å². The highest BCUT2D eigenvalue weighted by molar-refractivity contribution is 6.07. The lowest BCUT2D eigenvalue weighted by molar-refractivity contribution is 0.0938. The highest BCUT2D eigenvalue weighted by atomic mass is 16.5. The highest BCUT2D eigenvalue weighted by Crippen LogP contribution is 2.41. The first-order chi connectivity index (χ1) is 16.6. The van der Waals surface area contributed by atoms with Crippen LogP contribution >= 0.6 is 0 Å². The molecule has 172 valence electrons. The Morgan fingerprint density at radius 1 is 0.912 bits per heavy atom. The van der Waals surface area contributed by atoms with Gasteiger partial charge in [0.2, 0.25) is 5.75 Å². The number of fused-ring (bicyclic) bond motifs is 2. The highest BCUT2D eigenvalue weighted by Gasteiger charge is 2.25. The second kappa shape index (κ2) is 9.06. The summed E-state index contributed by atoms with van der Waals surface area (Å²) >= 11 is 0. The lowest BCUT2D eigenvalue weighted by atomic mass is 10.0. The minimum atomic E-state index is -0.117. The fourth-order valence-electron chi connectivity index (χ4n) is 4.68. The fourth-order valence-corrected chi connectivity index (χ4v) is 4.68. The molecule has 34 heavy (non-hydrogen) atoms. The van der Waals surface area contributed by atoms with Crippen molar-refractivity contribution in [2.45, 2.75) is 18.9 Å². The number of carbonyl (C=O) groups excluding carboxylic acids is 1. The van der Waals surface area contributed by atoms with Crippen LogP contribution in [0.4, 0.5) is 0 Å². The van der Waals surface area contributed by atoms with Crippen LogP contribution in [0.1, 0.15) is 33.9 Å². The Balaban J connectivity index is 1.58. The molecule has 0 fully saturated rings. The predicted molar refractivity (Wildman–Crippen MR) is 132 cm³/mol. The molecule has 1 atom stereocenters. The molecule has 1 amide bonds. The van der Waals surface area contributed by atoms with E-state index < -0.39 is 0 Å². The van der Waals surface area contributed by atoms with Gasteiger partial charge in [0, 0.05) is 10.9 Å². The Bertz CT molecular complexity index is 1360. The van der Waals surface area contributed by atoms with Gasteiger partial charge in [-0.05, 0) is 48.2 Å². The minimum Gasteiger partial charge on any atom is -0.493 e. The number of amides is 1. The van der Waals surface area contributed by atoms with Crippen LogP contribution in [0.25, 0.3) is 22.2 Å². The lowest BCUT2D eigenvalue weighted by Crippen LogP contribution is -2.27. The van der Waals surface area contributed by atoms with Crippen molar-refractivity contribution in [3.05, 3.63) is 83.4 Å². The Kier molecular flexibility index (Phi) is 5.80. The summed E-state index contributed by atoms with van der Waals surface area (Å²) in [6.45, 7) is 0. The summed E-state index contributed by atoms with van der Waals surface area (Å²) in [4.78, 5) is 18.4. The Hall–Kier alpha value is -4.06. The SMILES string of the molecule is COc1cc(-c2cc(C(=O)N[C@@H]3CCc4ccccc43)c3ccccc3n2)cc(OC)c1OC. The molecule has 1 heterocycles. The van der Waals surface area contributed by atoms with E-state index in [0.717, 1.165) is 29.3 Å². The summed E-state index contributed by atoms with van der Waals surface area (Å²) in [6, 6.07) is 21.5. The molecule has 0 spiro atoms. The number of hydrogen-bond acceptors (Lipinski definition) is 5. The Morgan fingerprint density at radius 2 is 1.62 bits per heavy atom. The van der Waals surface area contributed by atoms with Crippen molar-refractivity contribution < 1.29 is 19.0 Å². The van der Waals surface area contributed by atoms with Gasteiger partial charge in [-0.1, -0.05) is 42.5 Å². The van der Waals surface area contributed by atoms with Crippen LogP contribution in [0.3, 0.4) is 0 Å². The van der Waals surface area contributed by atoms with Crippen molar-refractivity contribution in [2.24, 2.45) is 0 Å². The van der Waals surface area contributed by atoms with Gasteiger partial charge in [0.25, 0.3) is 5.91 Å². The number of hydrogen-bond donors (Lipinski definition) is 1. The molecule has 0 saturated heterocycles. The van der Waals surface area contributed by atoms with Crippen molar-refractivity contribution >= 4 is 16.8 Å². The van der Waals surface area contributed by atoms with Crippen LogP contribution in [0.15, 0.2) is 66.7 Å². The first kappa shape index (κ1) is 21.8. The third kappa shape index (κ3) is 3.81. The average molecular weight is 455 g/mol. The molecule has 6 nitrogen and oxygen atoms in total. The average Bonchev–Trinajstić information content (AvgIpc) is 3.29. The van der Waals surface area contributed by atoms with E-state index in [0.29, 0.717) is 28.5 Å². The van der Waals surface area contributed by atoms with Crippen molar-refractivity contribution in [3.63, 3.8) is 0 Å². The zero-order valence-electron chi connectivity index (χ0n) is 19.4. The van der Waals surface area contributed by atoms with Crippen LogP contribution in [-0.4, -0.2) is 32.2 Å². The van der Waals surface area contributed by atoms with Crippen molar-refractivity contribution in [2.75, 3.05) is 21.3 Å². The minimum absolute atomic E-state index is 0.000233. The standard InChI is InChI=1S/C28H26N2O4/c1-32-25-14-18(15-26(33-2)27(25)34-3)24-16-21(20-10-6-7-11-22(20)29-24)28(31)30-23-13-12-17-8-4-5-9-19(17)23/h4-11,14-16,23H,12-13H2,1-3H3,(H,30,31)/t23-/m1/s1. The summed E-state index contributed by atoms with van der Waals surface area (Å²) in [5.74, 6) is 1.45. The molecule has 0 bridgehead atoms. The monoisotopic (exact) mass is 454 g/mol. The summed E-state index contributed by atoms with van der Waals surface area (Å²) in [5.41, 5.74) is 5.23. The zero-order chi connectivity index (χ0) is 23.7. The number of pyridine rings is 1. The molecule has 0 unspecified atom stereocenters. The number of nitrogens with one attached hydrogen (secondary N) is 1. The van der Waals surface area contributed by atoms with Gasteiger partial charge in [0.1, 0.15) is 0 Å². The second-order valence-electron chi connectivity index (χ2n) is 8.25. The molecule has 4 aromatic rings. The molecule has 1 aliphatic carbocycles. The first-order valence-electron chi connectivity index (χ1n) is 11.2. The molecular formula is C28H26N2O4. The van der Waals surface area contributed by atoms with E-state index in [1.807, 2.05) is 54.6 Å². The molecule has 1 aliphatic rings. The van der Waals surface area contributed by atoms with Gasteiger partial charge in [-0.25, -0.2) is 4.98 Å². The maximum atomic E-state index is 13.5. The molecular weight excluding hydrogens is 428 g/mol. The lowest BCUT2D eigenvalue weighted by Gasteiger charge is -2.17. The molecule has 0 radical (unpaired) electrons. The van der Waals surface area contributed by atoms with Crippen molar-refractivity contribution in [3.8, 4) is 28.5 Å². The fraction of sp³-hybridized carbons (Fsp3) is 0.214. The maximum absolute atomic E-state index is 13.5. The Morgan fingerprint density at radius 3 is 2.35 bits per heavy atom. The van der Waals surface area contributed by atoms with E-state index in [-0.39, 0.29) is 11.9 Å².